The van der Waals surface area contributed by atoms with Crippen LogP contribution in [0.1, 0.15) is 46.5 Å². The monoisotopic (exact) mass is 459 g/mol. The number of thiophene rings is 1. The van der Waals surface area contributed by atoms with Crippen LogP contribution in [0.3, 0.4) is 0 Å². The fraction of sp³-hybridized carbons (Fsp3) is 0.522. The first-order valence-electron chi connectivity index (χ1n) is 11.2. The molecule has 0 bridgehead atoms. The average Bonchev–Trinajstić information content (AvgIpc) is 3.55. The number of fused-ring (bicyclic) bond motifs is 1. The number of benzene rings is 1. The Balaban J connectivity index is 1.34. The normalized spacial score (nSPS) is 22.7. The van der Waals surface area contributed by atoms with E-state index in [1.165, 1.54) is 22.0 Å². The minimum atomic E-state index is -3.64. The van der Waals surface area contributed by atoms with Crippen molar-refractivity contribution in [3.05, 3.63) is 51.7 Å². The van der Waals surface area contributed by atoms with Crippen LogP contribution in [0.2, 0.25) is 0 Å². The van der Waals surface area contributed by atoms with Gasteiger partial charge in [0.1, 0.15) is 0 Å². The van der Waals surface area contributed by atoms with Crippen LogP contribution in [0, 0.1) is 0 Å². The Morgan fingerprint density at radius 1 is 1.06 bits per heavy atom. The van der Waals surface area contributed by atoms with Gasteiger partial charge >= 0.3 is 0 Å². The Morgan fingerprint density at radius 3 is 2.74 bits per heavy atom. The molecule has 1 aromatic carbocycles. The van der Waals surface area contributed by atoms with Gasteiger partial charge in [0.15, 0.2) is 0 Å². The van der Waals surface area contributed by atoms with Crippen LogP contribution >= 0.6 is 11.3 Å². The summed E-state index contributed by atoms with van der Waals surface area (Å²) in [5, 5.41) is 2.02. The quantitative estimate of drug-likeness (QED) is 0.689. The minimum absolute atomic E-state index is 0.0440. The number of amides is 1. The van der Waals surface area contributed by atoms with Crippen molar-refractivity contribution >= 4 is 27.3 Å². The van der Waals surface area contributed by atoms with Crippen LogP contribution in [0.15, 0.2) is 40.6 Å². The van der Waals surface area contributed by atoms with Gasteiger partial charge in [0.05, 0.1) is 4.90 Å². The molecule has 4 heterocycles. The van der Waals surface area contributed by atoms with Gasteiger partial charge in [-0.15, -0.1) is 11.3 Å². The van der Waals surface area contributed by atoms with Crippen molar-refractivity contribution in [2.75, 3.05) is 32.7 Å². The van der Waals surface area contributed by atoms with E-state index in [1.54, 1.807) is 35.6 Å². The fourth-order valence-electron chi connectivity index (χ4n) is 5.09. The third kappa shape index (κ3) is 4.18. The van der Waals surface area contributed by atoms with E-state index in [0.29, 0.717) is 18.7 Å². The third-order valence-electron chi connectivity index (χ3n) is 6.80. The van der Waals surface area contributed by atoms with Crippen molar-refractivity contribution in [3.8, 4) is 0 Å². The molecule has 1 amide bonds. The second kappa shape index (κ2) is 8.65. The third-order valence-corrected chi connectivity index (χ3v) is 9.66. The summed E-state index contributed by atoms with van der Waals surface area (Å²) in [6.07, 6.45) is 5.26. The van der Waals surface area contributed by atoms with Crippen LogP contribution in [0.25, 0.3) is 0 Å². The number of rotatable bonds is 5. The molecule has 31 heavy (non-hydrogen) atoms. The highest BCUT2D eigenvalue weighted by Crippen LogP contribution is 2.29. The summed E-state index contributed by atoms with van der Waals surface area (Å²) in [6.45, 7) is 4.81. The fourth-order valence-corrected chi connectivity index (χ4v) is 7.44. The largest absolute Gasteiger partial charge is 0.334 e. The predicted octanol–water partition coefficient (Wildman–Crippen LogP) is 3.20. The Kier molecular flexibility index (Phi) is 5.90. The molecule has 1 atom stereocenters. The second-order valence-electron chi connectivity index (χ2n) is 8.79. The SMILES string of the molecule is O=C(c1cccc(S(=O)(=O)N2CCc3sccc3C2)c1)N1CCCC1CN1CCCC1. The summed E-state index contributed by atoms with van der Waals surface area (Å²) in [6, 6.07) is 8.87. The van der Waals surface area contributed by atoms with E-state index in [4.69, 9.17) is 0 Å². The van der Waals surface area contributed by atoms with Crippen LogP contribution in [0.4, 0.5) is 0 Å². The van der Waals surface area contributed by atoms with Gasteiger partial charge in [-0.1, -0.05) is 6.07 Å². The Hall–Kier alpha value is -1.74. The van der Waals surface area contributed by atoms with Gasteiger partial charge in [0.2, 0.25) is 10.0 Å². The zero-order valence-electron chi connectivity index (χ0n) is 17.7. The summed E-state index contributed by atoms with van der Waals surface area (Å²) in [4.78, 5) is 19.2. The summed E-state index contributed by atoms with van der Waals surface area (Å²) >= 11 is 1.69. The molecule has 0 radical (unpaired) electrons. The van der Waals surface area contributed by atoms with Gasteiger partial charge in [-0.2, -0.15) is 4.31 Å². The molecule has 2 saturated heterocycles. The molecule has 1 unspecified atom stereocenters. The van der Waals surface area contributed by atoms with E-state index >= 15 is 0 Å². The van der Waals surface area contributed by atoms with Gasteiger partial charge in [0, 0.05) is 42.7 Å². The van der Waals surface area contributed by atoms with Gasteiger partial charge in [-0.05, 0) is 80.4 Å². The molecule has 1 aromatic heterocycles. The highest BCUT2D eigenvalue weighted by atomic mass is 32.2. The minimum Gasteiger partial charge on any atom is -0.334 e. The van der Waals surface area contributed by atoms with E-state index in [0.717, 1.165) is 51.0 Å². The highest BCUT2D eigenvalue weighted by molar-refractivity contribution is 7.89. The first-order valence-corrected chi connectivity index (χ1v) is 13.5. The first-order chi connectivity index (χ1) is 15.0. The molecule has 6 nitrogen and oxygen atoms in total. The van der Waals surface area contributed by atoms with Crippen molar-refractivity contribution in [2.24, 2.45) is 0 Å². The molecule has 0 N–H and O–H groups in total. The number of hydrogen-bond acceptors (Lipinski definition) is 5. The second-order valence-corrected chi connectivity index (χ2v) is 11.7. The first kappa shape index (κ1) is 21.1. The van der Waals surface area contributed by atoms with Gasteiger partial charge in [-0.3, -0.25) is 4.79 Å². The van der Waals surface area contributed by atoms with Gasteiger partial charge < -0.3 is 9.80 Å². The topological polar surface area (TPSA) is 60.9 Å². The van der Waals surface area contributed by atoms with Crippen molar-refractivity contribution in [1.29, 1.82) is 0 Å². The van der Waals surface area contributed by atoms with Crippen LogP contribution in [0.5, 0.6) is 0 Å². The number of carbonyl (C=O) groups excluding carboxylic acids is 1. The molecule has 3 aliphatic rings. The molecule has 2 fully saturated rings. The summed E-state index contributed by atoms with van der Waals surface area (Å²) < 4.78 is 28.2. The molecule has 0 aliphatic carbocycles. The maximum Gasteiger partial charge on any atom is 0.254 e. The maximum atomic E-state index is 13.3. The molecule has 3 aliphatic heterocycles. The molecule has 166 valence electrons. The Bertz CT molecular complexity index is 1060. The van der Waals surface area contributed by atoms with Crippen molar-refractivity contribution in [3.63, 3.8) is 0 Å². The number of nitrogens with zero attached hydrogens (tertiary/aromatic N) is 3. The smallest absolute Gasteiger partial charge is 0.254 e. The molecule has 0 saturated carbocycles. The zero-order valence-corrected chi connectivity index (χ0v) is 19.3. The summed E-state index contributed by atoms with van der Waals surface area (Å²) in [5.74, 6) is -0.0440. The number of likely N-dealkylation sites (tertiary alicyclic amines) is 2. The lowest BCUT2D eigenvalue weighted by molar-refractivity contribution is 0.0708. The number of sulfonamides is 1. The zero-order chi connectivity index (χ0) is 21.4. The van der Waals surface area contributed by atoms with E-state index in [-0.39, 0.29) is 16.8 Å². The molecular weight excluding hydrogens is 430 g/mol. The maximum absolute atomic E-state index is 13.3. The summed E-state index contributed by atoms with van der Waals surface area (Å²) in [7, 11) is -3.64. The molecular formula is C23H29N3O3S2. The van der Waals surface area contributed by atoms with E-state index < -0.39 is 10.0 Å². The average molecular weight is 460 g/mol. The van der Waals surface area contributed by atoms with E-state index in [9.17, 15) is 13.2 Å². The van der Waals surface area contributed by atoms with Crippen LogP contribution in [-0.4, -0.2) is 67.2 Å². The van der Waals surface area contributed by atoms with Gasteiger partial charge in [-0.25, -0.2) is 8.42 Å². The van der Waals surface area contributed by atoms with Crippen molar-refractivity contribution in [1.82, 2.24) is 14.1 Å². The van der Waals surface area contributed by atoms with Gasteiger partial charge in [0.25, 0.3) is 5.91 Å². The Morgan fingerprint density at radius 2 is 1.90 bits per heavy atom. The van der Waals surface area contributed by atoms with E-state index in [2.05, 4.69) is 4.90 Å². The van der Waals surface area contributed by atoms with Crippen LogP contribution < -0.4 is 0 Å². The van der Waals surface area contributed by atoms with Crippen molar-refractivity contribution < 1.29 is 13.2 Å². The molecule has 8 heteroatoms. The molecule has 5 rings (SSSR count). The number of hydrogen-bond donors (Lipinski definition) is 0. The lowest BCUT2D eigenvalue weighted by atomic mass is 10.1. The van der Waals surface area contributed by atoms with Crippen LogP contribution in [-0.2, 0) is 23.0 Å². The lowest BCUT2D eigenvalue weighted by Gasteiger charge is -2.29. The Labute approximate surface area is 188 Å². The van der Waals surface area contributed by atoms with Crippen molar-refractivity contribution in [2.45, 2.75) is 49.6 Å². The standard InChI is InChI=1S/C23H29N3O3S2/c27-23(26-12-4-6-20(26)17-24-10-1-2-11-24)18-5-3-7-21(15-18)31(28,29)25-13-8-22-19(16-25)9-14-30-22/h3,5,7,9,14-15,20H,1-2,4,6,8,10-13,16-17H2. The lowest BCUT2D eigenvalue weighted by Crippen LogP contribution is -2.42. The number of carbonyl (C=O) groups is 1. The summed E-state index contributed by atoms with van der Waals surface area (Å²) in [5.41, 5.74) is 1.57. The predicted molar refractivity (Wildman–Crippen MR) is 122 cm³/mol. The highest BCUT2D eigenvalue weighted by Gasteiger charge is 2.33. The molecule has 0 spiro atoms. The molecule has 2 aromatic rings. The van der Waals surface area contributed by atoms with E-state index in [1.807, 2.05) is 16.3 Å².